The highest BCUT2D eigenvalue weighted by Crippen LogP contribution is 2.24. The molecule has 2 N–H and O–H groups in total. The second kappa shape index (κ2) is 6.25. The van der Waals surface area contributed by atoms with E-state index in [1.54, 1.807) is 6.07 Å². The minimum atomic E-state index is -0.356. The van der Waals surface area contributed by atoms with Crippen LogP contribution in [0, 0.1) is 5.82 Å². The van der Waals surface area contributed by atoms with Crippen molar-refractivity contribution in [1.82, 2.24) is 10.1 Å². The average Bonchev–Trinajstić information content (AvgIpc) is 2.84. The predicted octanol–water partition coefficient (Wildman–Crippen LogP) is 3.83. The van der Waals surface area contributed by atoms with Gasteiger partial charge in [-0.25, -0.2) is 4.39 Å². The first kappa shape index (κ1) is 14.1. The van der Waals surface area contributed by atoms with Crippen LogP contribution in [0.15, 0.2) is 27.2 Å². The number of aromatic nitrogens is 2. The number of benzene rings is 1. The second-order valence-corrected chi connectivity index (χ2v) is 5.28. The molecule has 0 amide bonds. The minimum absolute atomic E-state index is 0.266. The molecule has 2 rings (SSSR count). The van der Waals surface area contributed by atoms with Crippen LogP contribution in [0.25, 0.3) is 11.4 Å². The molecule has 19 heavy (non-hydrogen) atoms. The van der Waals surface area contributed by atoms with Gasteiger partial charge in [0.2, 0.25) is 11.7 Å². The molecule has 1 aromatic carbocycles. The molecule has 1 atom stereocenters. The summed E-state index contributed by atoms with van der Waals surface area (Å²) < 4.78 is 19.1. The van der Waals surface area contributed by atoms with Crippen molar-refractivity contribution in [2.45, 2.75) is 32.2 Å². The summed E-state index contributed by atoms with van der Waals surface area (Å²) in [4.78, 5) is 4.23. The second-order valence-electron chi connectivity index (χ2n) is 4.36. The van der Waals surface area contributed by atoms with Gasteiger partial charge in [-0.2, -0.15) is 4.98 Å². The molecule has 0 radical (unpaired) electrons. The molecular formula is C13H15BrFN3O. The van der Waals surface area contributed by atoms with Crippen molar-refractivity contribution in [2.75, 3.05) is 0 Å². The minimum Gasteiger partial charge on any atom is -0.337 e. The average molecular weight is 328 g/mol. The first-order chi connectivity index (χ1) is 9.10. The lowest BCUT2D eigenvalue weighted by Gasteiger charge is -2.03. The van der Waals surface area contributed by atoms with Crippen LogP contribution in [-0.4, -0.2) is 10.1 Å². The Balaban J connectivity index is 2.20. The van der Waals surface area contributed by atoms with Crippen molar-refractivity contribution in [3.63, 3.8) is 0 Å². The van der Waals surface area contributed by atoms with Crippen LogP contribution in [0.4, 0.5) is 4.39 Å². The Morgan fingerprint density at radius 3 is 2.89 bits per heavy atom. The quantitative estimate of drug-likeness (QED) is 0.906. The third kappa shape index (κ3) is 3.61. The van der Waals surface area contributed by atoms with Gasteiger partial charge >= 0.3 is 0 Å². The van der Waals surface area contributed by atoms with Crippen LogP contribution in [0.5, 0.6) is 0 Å². The van der Waals surface area contributed by atoms with E-state index in [1.165, 1.54) is 12.1 Å². The molecule has 4 nitrogen and oxygen atoms in total. The van der Waals surface area contributed by atoms with Gasteiger partial charge in [0.15, 0.2) is 0 Å². The van der Waals surface area contributed by atoms with Gasteiger partial charge in [0.1, 0.15) is 5.82 Å². The van der Waals surface area contributed by atoms with Crippen LogP contribution in [0.3, 0.4) is 0 Å². The maximum atomic E-state index is 13.3. The first-order valence-corrected chi connectivity index (χ1v) is 6.95. The largest absolute Gasteiger partial charge is 0.337 e. The Kier molecular flexibility index (Phi) is 4.66. The Morgan fingerprint density at radius 2 is 2.21 bits per heavy atom. The summed E-state index contributed by atoms with van der Waals surface area (Å²) in [5.74, 6) is 0.386. The maximum absolute atomic E-state index is 13.3. The molecule has 1 aromatic heterocycles. The van der Waals surface area contributed by atoms with E-state index < -0.39 is 0 Å². The molecule has 0 aliphatic carbocycles. The molecular weight excluding hydrogens is 313 g/mol. The molecule has 0 aliphatic rings. The van der Waals surface area contributed by atoms with Gasteiger partial charge in [-0.1, -0.05) is 40.9 Å². The number of halogens is 2. The molecule has 6 heteroatoms. The number of hydrogen-bond donors (Lipinski definition) is 1. The molecule has 0 saturated heterocycles. The fourth-order valence-electron chi connectivity index (χ4n) is 1.73. The van der Waals surface area contributed by atoms with Crippen LogP contribution >= 0.6 is 15.9 Å². The zero-order valence-corrected chi connectivity index (χ0v) is 12.2. The Bertz CT molecular complexity index is 538. The SMILES string of the molecule is CCCC[C@H](N)c1nc(-c2cc(F)cc(Br)c2)no1. The third-order valence-electron chi connectivity index (χ3n) is 2.75. The summed E-state index contributed by atoms with van der Waals surface area (Å²) >= 11 is 3.23. The molecule has 0 unspecified atom stereocenters. The van der Waals surface area contributed by atoms with Gasteiger partial charge < -0.3 is 10.3 Å². The highest BCUT2D eigenvalue weighted by Gasteiger charge is 2.15. The van der Waals surface area contributed by atoms with Crippen molar-refractivity contribution in [2.24, 2.45) is 5.73 Å². The van der Waals surface area contributed by atoms with Crippen molar-refractivity contribution in [1.29, 1.82) is 0 Å². The lowest BCUT2D eigenvalue weighted by atomic mass is 10.1. The van der Waals surface area contributed by atoms with E-state index in [9.17, 15) is 4.39 Å². The van der Waals surface area contributed by atoms with Crippen LogP contribution in [0.2, 0.25) is 0 Å². The van der Waals surface area contributed by atoms with Crippen molar-refractivity contribution >= 4 is 15.9 Å². The fourth-order valence-corrected chi connectivity index (χ4v) is 2.20. The molecule has 0 aliphatic heterocycles. The number of nitrogens with two attached hydrogens (primary N) is 1. The topological polar surface area (TPSA) is 64.9 Å². The van der Waals surface area contributed by atoms with Crippen molar-refractivity contribution in [3.05, 3.63) is 34.4 Å². The first-order valence-electron chi connectivity index (χ1n) is 6.15. The van der Waals surface area contributed by atoms with Crippen molar-refractivity contribution < 1.29 is 8.91 Å². The Labute approximate surface area is 119 Å². The van der Waals surface area contributed by atoms with Gasteiger partial charge in [-0.15, -0.1) is 0 Å². The fraction of sp³-hybridized carbons (Fsp3) is 0.385. The highest BCUT2D eigenvalue weighted by atomic mass is 79.9. The zero-order valence-electron chi connectivity index (χ0n) is 10.6. The molecule has 1 heterocycles. The molecule has 102 valence electrons. The Morgan fingerprint density at radius 1 is 1.42 bits per heavy atom. The standard InChI is InChI=1S/C13H15BrFN3O/c1-2-3-4-11(16)13-17-12(18-19-13)8-5-9(14)7-10(15)6-8/h5-7,11H,2-4,16H2,1H3/t11-/m0/s1. The van der Waals surface area contributed by atoms with E-state index in [1.807, 2.05) is 0 Å². The third-order valence-corrected chi connectivity index (χ3v) is 3.21. The van der Waals surface area contributed by atoms with Crippen LogP contribution in [-0.2, 0) is 0 Å². The van der Waals surface area contributed by atoms with Gasteiger partial charge in [0.05, 0.1) is 6.04 Å². The lowest BCUT2D eigenvalue weighted by Crippen LogP contribution is -2.10. The van der Waals surface area contributed by atoms with E-state index >= 15 is 0 Å². The van der Waals surface area contributed by atoms with E-state index in [2.05, 4.69) is 33.0 Å². The number of nitrogens with zero attached hydrogens (tertiary/aromatic N) is 2. The number of hydrogen-bond acceptors (Lipinski definition) is 4. The molecule has 0 saturated carbocycles. The summed E-state index contributed by atoms with van der Waals surface area (Å²) in [7, 11) is 0. The predicted molar refractivity (Wildman–Crippen MR) is 73.8 cm³/mol. The zero-order chi connectivity index (χ0) is 13.8. The summed E-state index contributed by atoms with van der Waals surface area (Å²) in [5, 5.41) is 3.84. The van der Waals surface area contributed by atoms with E-state index in [0.29, 0.717) is 21.8 Å². The smallest absolute Gasteiger partial charge is 0.243 e. The van der Waals surface area contributed by atoms with Crippen molar-refractivity contribution in [3.8, 4) is 11.4 Å². The highest BCUT2D eigenvalue weighted by molar-refractivity contribution is 9.10. The lowest BCUT2D eigenvalue weighted by molar-refractivity contribution is 0.346. The molecule has 0 spiro atoms. The van der Waals surface area contributed by atoms with Gasteiger partial charge in [0.25, 0.3) is 0 Å². The van der Waals surface area contributed by atoms with E-state index in [0.717, 1.165) is 19.3 Å². The number of rotatable bonds is 5. The van der Waals surface area contributed by atoms with E-state index in [-0.39, 0.29) is 11.9 Å². The summed E-state index contributed by atoms with van der Waals surface area (Å²) in [6.45, 7) is 2.09. The summed E-state index contributed by atoms with van der Waals surface area (Å²) in [6.07, 6.45) is 2.86. The number of unbranched alkanes of at least 4 members (excludes halogenated alkanes) is 1. The van der Waals surface area contributed by atoms with Crippen LogP contribution in [0.1, 0.15) is 38.1 Å². The molecule has 0 fully saturated rings. The van der Waals surface area contributed by atoms with Gasteiger partial charge in [0, 0.05) is 10.0 Å². The normalized spacial score (nSPS) is 12.6. The molecule has 2 aromatic rings. The van der Waals surface area contributed by atoms with Gasteiger partial charge in [-0.05, 0) is 24.6 Å². The monoisotopic (exact) mass is 327 g/mol. The Hall–Kier alpha value is -1.27. The molecule has 0 bridgehead atoms. The van der Waals surface area contributed by atoms with Crippen LogP contribution < -0.4 is 5.73 Å². The summed E-state index contributed by atoms with van der Waals surface area (Å²) in [6, 6.07) is 4.20. The maximum Gasteiger partial charge on any atom is 0.243 e. The summed E-state index contributed by atoms with van der Waals surface area (Å²) in [5.41, 5.74) is 6.51. The van der Waals surface area contributed by atoms with E-state index in [4.69, 9.17) is 10.3 Å². The van der Waals surface area contributed by atoms with Gasteiger partial charge in [-0.3, -0.25) is 0 Å².